The minimum absolute atomic E-state index is 0.256. The van der Waals surface area contributed by atoms with Gasteiger partial charge in [-0.2, -0.15) is 11.8 Å². The van der Waals surface area contributed by atoms with Gasteiger partial charge in [-0.15, -0.1) is 0 Å². The first-order chi connectivity index (χ1) is 12.9. The molecule has 4 rings (SSSR count). The van der Waals surface area contributed by atoms with Crippen LogP contribution in [0.15, 0.2) is 0 Å². The van der Waals surface area contributed by atoms with Gasteiger partial charge in [-0.3, -0.25) is 4.79 Å². The number of methoxy groups -OCH3 is 1. The number of ether oxygens (including phenoxy) is 1. The maximum atomic E-state index is 12.8. The Morgan fingerprint density at radius 1 is 1.07 bits per heavy atom. The van der Waals surface area contributed by atoms with Crippen LogP contribution in [0.1, 0.15) is 64.7 Å². The fourth-order valence-corrected chi connectivity index (χ4v) is 8.62. The lowest BCUT2D eigenvalue weighted by atomic mass is 9.49. The van der Waals surface area contributed by atoms with Crippen molar-refractivity contribution in [3.63, 3.8) is 0 Å². The number of carbonyl (C=O) groups is 1. The van der Waals surface area contributed by atoms with Crippen LogP contribution in [0.2, 0.25) is 0 Å². The Kier molecular flexibility index (Phi) is 5.73. The highest BCUT2D eigenvalue weighted by molar-refractivity contribution is 7.99. The molecule has 3 nitrogen and oxygen atoms in total. The SMILES string of the molecule is COC[C@@]1(O)CC[C@H]2[C@H](CC[C@@H]3[C@@H]2CC[C@]2(C)[C@@H](C(=O)CSC)CC[C@@H]32)C1. The first kappa shape index (κ1) is 20.2. The van der Waals surface area contributed by atoms with Crippen molar-refractivity contribution in [2.24, 2.45) is 40.9 Å². The van der Waals surface area contributed by atoms with Gasteiger partial charge in [0.15, 0.2) is 0 Å². The summed E-state index contributed by atoms with van der Waals surface area (Å²) < 4.78 is 5.31. The normalized spacial score (nSPS) is 49.2. The van der Waals surface area contributed by atoms with Gasteiger partial charge in [-0.25, -0.2) is 0 Å². The van der Waals surface area contributed by atoms with Crippen molar-refractivity contribution in [3.8, 4) is 0 Å². The zero-order valence-electron chi connectivity index (χ0n) is 17.4. The quantitative estimate of drug-likeness (QED) is 0.742. The van der Waals surface area contributed by atoms with E-state index in [0.717, 1.165) is 42.9 Å². The van der Waals surface area contributed by atoms with Crippen LogP contribution in [0.4, 0.5) is 0 Å². The molecule has 154 valence electrons. The van der Waals surface area contributed by atoms with E-state index in [9.17, 15) is 9.90 Å². The second-order valence-electron chi connectivity index (χ2n) is 10.4. The molecule has 0 saturated heterocycles. The maximum absolute atomic E-state index is 12.8. The molecule has 0 radical (unpaired) electrons. The summed E-state index contributed by atoms with van der Waals surface area (Å²) in [5, 5.41) is 10.9. The van der Waals surface area contributed by atoms with Gasteiger partial charge in [0.2, 0.25) is 0 Å². The molecule has 0 aliphatic heterocycles. The van der Waals surface area contributed by atoms with E-state index in [2.05, 4.69) is 13.2 Å². The number of thioether (sulfide) groups is 1. The van der Waals surface area contributed by atoms with Crippen LogP contribution in [0.3, 0.4) is 0 Å². The van der Waals surface area contributed by atoms with Gasteiger partial charge >= 0.3 is 0 Å². The monoisotopic (exact) mass is 394 g/mol. The zero-order chi connectivity index (χ0) is 19.2. The van der Waals surface area contributed by atoms with Crippen molar-refractivity contribution in [1.82, 2.24) is 0 Å². The Morgan fingerprint density at radius 2 is 1.85 bits per heavy atom. The number of carbonyl (C=O) groups excluding carboxylic acids is 1. The fraction of sp³-hybridized carbons (Fsp3) is 0.957. The van der Waals surface area contributed by atoms with Crippen molar-refractivity contribution in [2.45, 2.75) is 70.3 Å². The largest absolute Gasteiger partial charge is 0.387 e. The van der Waals surface area contributed by atoms with E-state index < -0.39 is 5.60 Å². The molecule has 4 fully saturated rings. The second-order valence-corrected chi connectivity index (χ2v) is 11.3. The van der Waals surface area contributed by atoms with Crippen molar-refractivity contribution in [1.29, 1.82) is 0 Å². The molecule has 0 spiro atoms. The fourth-order valence-electron chi connectivity index (χ4n) is 8.13. The Labute approximate surface area is 169 Å². The molecule has 1 N–H and O–H groups in total. The summed E-state index contributed by atoms with van der Waals surface area (Å²) in [6.07, 6.45) is 12.6. The Hall–Kier alpha value is -0.0600. The van der Waals surface area contributed by atoms with Crippen LogP contribution in [-0.4, -0.2) is 42.2 Å². The van der Waals surface area contributed by atoms with Crippen molar-refractivity contribution in [2.75, 3.05) is 25.7 Å². The average Bonchev–Trinajstić information content (AvgIpc) is 2.98. The third-order valence-corrected chi connectivity index (χ3v) is 9.77. The van der Waals surface area contributed by atoms with Crippen LogP contribution in [0, 0.1) is 40.9 Å². The van der Waals surface area contributed by atoms with Crippen molar-refractivity contribution in [3.05, 3.63) is 0 Å². The highest BCUT2D eigenvalue weighted by Gasteiger charge is 2.58. The highest BCUT2D eigenvalue weighted by atomic mass is 32.2. The molecule has 4 aliphatic carbocycles. The molecule has 0 bridgehead atoms. The average molecular weight is 395 g/mol. The summed E-state index contributed by atoms with van der Waals surface area (Å²) in [6, 6.07) is 0. The van der Waals surface area contributed by atoms with Crippen LogP contribution in [-0.2, 0) is 9.53 Å². The number of fused-ring (bicyclic) bond motifs is 5. The molecular weight excluding hydrogens is 356 g/mol. The summed E-state index contributed by atoms with van der Waals surface area (Å²) in [4.78, 5) is 12.8. The van der Waals surface area contributed by atoms with Crippen LogP contribution < -0.4 is 0 Å². The van der Waals surface area contributed by atoms with Crippen LogP contribution in [0.5, 0.6) is 0 Å². The van der Waals surface area contributed by atoms with Gasteiger partial charge < -0.3 is 9.84 Å². The van der Waals surface area contributed by atoms with E-state index in [1.54, 1.807) is 18.9 Å². The number of aliphatic hydroxyl groups is 1. The molecule has 0 amide bonds. The van der Waals surface area contributed by atoms with Gasteiger partial charge in [-0.05, 0) is 99.0 Å². The number of rotatable bonds is 5. The second kappa shape index (κ2) is 7.65. The first-order valence-corrected chi connectivity index (χ1v) is 12.5. The summed E-state index contributed by atoms with van der Waals surface area (Å²) in [5.74, 6) is 5.42. The van der Waals surface area contributed by atoms with Crippen molar-refractivity contribution >= 4 is 17.5 Å². The first-order valence-electron chi connectivity index (χ1n) is 11.1. The van der Waals surface area contributed by atoms with E-state index in [-0.39, 0.29) is 5.41 Å². The smallest absolute Gasteiger partial charge is 0.146 e. The summed E-state index contributed by atoms with van der Waals surface area (Å²) in [7, 11) is 1.71. The number of hydrogen-bond acceptors (Lipinski definition) is 4. The number of ketones is 1. The van der Waals surface area contributed by atoms with E-state index in [1.165, 1.54) is 38.5 Å². The zero-order valence-corrected chi connectivity index (χ0v) is 18.2. The standard InChI is InChI=1S/C23H38O3S/c1-22-10-8-17-16-9-11-23(25,14-26-2)12-15(16)4-5-18(17)19(22)6-7-20(22)21(24)13-27-3/h15-20,25H,4-14H2,1-3H3/t15-,16+,17-,18-,19+,20-,22+,23-/m1/s1. The molecule has 4 heteroatoms. The van der Waals surface area contributed by atoms with E-state index in [0.29, 0.717) is 30.0 Å². The topological polar surface area (TPSA) is 46.5 Å². The van der Waals surface area contributed by atoms with E-state index in [4.69, 9.17) is 4.74 Å². The molecule has 8 atom stereocenters. The highest BCUT2D eigenvalue weighted by Crippen LogP contribution is 2.64. The Bertz CT molecular complexity index is 566. The number of hydrogen-bond donors (Lipinski definition) is 1. The lowest BCUT2D eigenvalue weighted by molar-refractivity contribution is -0.134. The van der Waals surface area contributed by atoms with Gasteiger partial charge in [0.25, 0.3) is 0 Å². The molecule has 0 aromatic rings. The summed E-state index contributed by atoms with van der Waals surface area (Å²) in [5.41, 5.74) is -0.332. The lowest BCUT2D eigenvalue weighted by Crippen LogP contribution is -2.52. The Balaban J connectivity index is 1.48. The third-order valence-electron chi connectivity index (χ3n) is 9.19. The van der Waals surface area contributed by atoms with Crippen molar-refractivity contribution < 1.29 is 14.6 Å². The number of Topliss-reactive ketones (excluding diaryl/α,β-unsaturated/α-hetero) is 1. The molecule has 4 aliphatic rings. The molecule has 27 heavy (non-hydrogen) atoms. The predicted octanol–water partition coefficient (Wildman–Crippen LogP) is 4.56. The summed E-state index contributed by atoms with van der Waals surface area (Å²) >= 11 is 1.69. The lowest BCUT2D eigenvalue weighted by Gasteiger charge is -2.57. The molecule has 0 aromatic carbocycles. The predicted molar refractivity (Wildman–Crippen MR) is 111 cm³/mol. The third kappa shape index (κ3) is 3.42. The Morgan fingerprint density at radius 3 is 2.59 bits per heavy atom. The van der Waals surface area contributed by atoms with Gasteiger partial charge in [0.05, 0.1) is 18.0 Å². The molecule has 0 aromatic heterocycles. The van der Waals surface area contributed by atoms with Gasteiger partial charge in [0, 0.05) is 13.0 Å². The maximum Gasteiger partial charge on any atom is 0.146 e. The minimum atomic E-state index is -0.589. The summed E-state index contributed by atoms with van der Waals surface area (Å²) in [6.45, 7) is 2.94. The molecule has 0 unspecified atom stereocenters. The van der Waals surface area contributed by atoms with Crippen LogP contribution >= 0.6 is 11.8 Å². The van der Waals surface area contributed by atoms with Gasteiger partial charge in [-0.1, -0.05) is 6.92 Å². The molecule has 4 saturated carbocycles. The van der Waals surface area contributed by atoms with Gasteiger partial charge in [0.1, 0.15) is 5.78 Å². The molecular formula is C23H38O3S. The molecule has 0 heterocycles. The van der Waals surface area contributed by atoms with E-state index in [1.807, 2.05) is 0 Å². The van der Waals surface area contributed by atoms with E-state index >= 15 is 0 Å². The van der Waals surface area contributed by atoms with Crippen LogP contribution in [0.25, 0.3) is 0 Å². The minimum Gasteiger partial charge on any atom is -0.387 e.